The summed E-state index contributed by atoms with van der Waals surface area (Å²) in [5.74, 6) is -1.14. The third-order valence-electron chi connectivity index (χ3n) is 8.58. The number of nitrogen functional groups attached to an aromatic ring is 2. The lowest BCUT2D eigenvalue weighted by atomic mass is 9.97. The molecule has 0 saturated carbocycles. The van der Waals surface area contributed by atoms with E-state index < -0.39 is 97.4 Å². The van der Waals surface area contributed by atoms with Crippen LogP contribution in [0.25, 0.3) is 21.5 Å². The van der Waals surface area contributed by atoms with Crippen molar-refractivity contribution < 1.29 is 59.2 Å². The van der Waals surface area contributed by atoms with Gasteiger partial charge in [0.15, 0.2) is 0 Å². The second-order valence-electron chi connectivity index (χ2n) is 12.4. The molecule has 14 N–H and O–H groups in total. The molecule has 10 atom stereocenters. The number of hydrogen-bond donors (Lipinski definition) is 12. The topological polar surface area (TPSA) is 360 Å². The van der Waals surface area contributed by atoms with Crippen molar-refractivity contribution in [3.63, 3.8) is 0 Å². The molecule has 4 heterocycles. The Hall–Kier alpha value is -5.46. The second kappa shape index (κ2) is 16.7. The molecule has 22 heteroatoms. The number of aromatic nitrogens is 4. The number of amides is 2. The fraction of sp³-hybridized carbons (Fsp3) is 0.438. The summed E-state index contributed by atoms with van der Waals surface area (Å²) in [5.41, 5.74) is 11.2. The Morgan fingerprint density at radius 3 is 1.65 bits per heavy atom. The fourth-order valence-electron chi connectivity index (χ4n) is 5.97. The number of benzene rings is 2. The summed E-state index contributed by atoms with van der Waals surface area (Å²) >= 11 is 0. The van der Waals surface area contributed by atoms with Crippen molar-refractivity contribution in [2.45, 2.75) is 75.1 Å². The van der Waals surface area contributed by atoms with Crippen LogP contribution in [-0.4, -0.2) is 137 Å². The van der Waals surface area contributed by atoms with Gasteiger partial charge in [-0.1, -0.05) is 12.1 Å². The third kappa shape index (κ3) is 8.19. The number of fused-ring (bicyclic) bond motifs is 2. The molecule has 2 saturated heterocycles. The predicted octanol–water partition coefficient (Wildman–Crippen LogP) is -4.34. The van der Waals surface area contributed by atoms with E-state index in [0.717, 1.165) is 0 Å². The number of nitrogens with one attached hydrogen (secondary N) is 4. The van der Waals surface area contributed by atoms with E-state index in [1.807, 2.05) is 0 Å². The number of H-pyrrole nitrogens is 2. The van der Waals surface area contributed by atoms with E-state index in [0.29, 0.717) is 5.39 Å². The number of hydrogen-bond acceptors (Lipinski definition) is 18. The average molecular weight is 761 g/mol. The highest BCUT2D eigenvalue weighted by Crippen LogP contribution is 2.31. The molecule has 4 aromatic rings. The van der Waals surface area contributed by atoms with Crippen LogP contribution >= 0.6 is 0 Å². The number of aromatic amines is 2. The maximum absolute atomic E-state index is 12.0. The predicted molar refractivity (Wildman–Crippen MR) is 186 cm³/mol. The van der Waals surface area contributed by atoms with Crippen LogP contribution in [0.15, 0.2) is 46.0 Å². The maximum Gasteiger partial charge on any atom is 0.274 e. The lowest BCUT2D eigenvalue weighted by molar-refractivity contribution is -0.245. The smallest absolute Gasteiger partial charge is 0.274 e. The number of anilines is 2. The molecular weight excluding hydrogens is 720 g/mol. The fourth-order valence-corrected chi connectivity index (χ4v) is 5.97. The van der Waals surface area contributed by atoms with Gasteiger partial charge in [0.25, 0.3) is 11.1 Å². The largest absolute Gasteiger partial charge is 0.444 e. The number of ether oxygens (including phenoxy) is 4. The van der Waals surface area contributed by atoms with Crippen molar-refractivity contribution in [2.75, 3.05) is 24.7 Å². The zero-order valence-electron chi connectivity index (χ0n) is 28.7. The van der Waals surface area contributed by atoms with E-state index in [2.05, 4.69) is 31.0 Å². The van der Waals surface area contributed by atoms with Crippen LogP contribution in [0.2, 0.25) is 0 Å². The van der Waals surface area contributed by atoms with Crippen LogP contribution in [0.5, 0.6) is 11.8 Å². The summed E-state index contributed by atoms with van der Waals surface area (Å²) in [5, 5.41) is 77.4. The van der Waals surface area contributed by atoms with Gasteiger partial charge in [-0.2, -0.15) is 0 Å². The highest BCUT2D eigenvalue weighted by Gasteiger charge is 2.47. The number of nitrogens with two attached hydrogens (primary N) is 2. The number of nitrogens with zero attached hydrogens (tertiary/aromatic N) is 2. The van der Waals surface area contributed by atoms with Crippen LogP contribution < -0.4 is 42.7 Å². The van der Waals surface area contributed by atoms with Crippen LogP contribution in [0.3, 0.4) is 0 Å². The van der Waals surface area contributed by atoms with Gasteiger partial charge < -0.3 is 71.7 Å². The standard InChI is InChI=1S/2C16H20N4O7/c1-6(22)18-11-13(24)12(23)9(5-21)26-16(11)27-15-7-3-2-4-8(17)10(7)14(25)19-20-15;1-6(22)18-11-13(24)12(23)9(5-21)26-16(11)27-15-10-7(14(25)19-20-15)3-2-4-8(10)17/h2*2-4,9,11-13,16,21,23-24H,5,17H2,1H3,(H,18,22)(H,19,25)/t2*9-,11-,12-,13-,16+/m11/s1. The molecule has 2 aliphatic rings. The minimum Gasteiger partial charge on any atom is -0.444 e. The Balaban J connectivity index is 0.000000208. The van der Waals surface area contributed by atoms with Gasteiger partial charge in [0.1, 0.15) is 48.7 Å². The molecule has 292 valence electrons. The number of aliphatic hydroxyl groups excluding tert-OH is 6. The molecular formula is C32H40N8O14. The molecule has 2 fully saturated rings. The van der Waals surface area contributed by atoms with Gasteiger partial charge in [-0.25, -0.2) is 10.2 Å². The Kier molecular flexibility index (Phi) is 12.3. The number of aliphatic hydroxyl groups is 6. The first-order valence-electron chi connectivity index (χ1n) is 16.3. The third-order valence-corrected chi connectivity index (χ3v) is 8.58. The lowest BCUT2D eigenvalue weighted by Crippen LogP contribution is -2.65. The molecule has 0 aliphatic carbocycles. The molecule has 22 nitrogen and oxygen atoms in total. The minimum atomic E-state index is -1.48. The molecule has 0 radical (unpaired) electrons. The Morgan fingerprint density at radius 1 is 0.704 bits per heavy atom. The van der Waals surface area contributed by atoms with Gasteiger partial charge in [-0.15, -0.1) is 10.2 Å². The number of carbonyl (C=O) groups excluding carboxylic acids is 2. The van der Waals surface area contributed by atoms with Gasteiger partial charge in [0.05, 0.1) is 34.8 Å². The monoisotopic (exact) mass is 760 g/mol. The van der Waals surface area contributed by atoms with E-state index in [9.17, 15) is 49.8 Å². The van der Waals surface area contributed by atoms with Gasteiger partial charge >= 0.3 is 0 Å². The SMILES string of the molecule is CC(=O)N[C@H]1[C@H](Oc2n[nH]c(=O)c3c(N)cccc23)O[C@H](CO)[C@@H](O)[C@@H]1O.CC(=O)N[C@H]1[C@H](Oc2n[nH]c(=O)c3cccc(N)c23)O[C@H](CO)[C@@H](O)[C@@H]1O. The van der Waals surface area contributed by atoms with Crippen LogP contribution in [-0.2, 0) is 19.1 Å². The van der Waals surface area contributed by atoms with Crippen LogP contribution in [0.1, 0.15) is 13.8 Å². The molecule has 0 bridgehead atoms. The van der Waals surface area contributed by atoms with Crippen molar-refractivity contribution >= 4 is 44.7 Å². The summed E-state index contributed by atoms with van der Waals surface area (Å²) in [4.78, 5) is 46.9. The van der Waals surface area contributed by atoms with Gasteiger partial charge in [0.2, 0.25) is 36.2 Å². The average Bonchev–Trinajstić information content (AvgIpc) is 3.13. The van der Waals surface area contributed by atoms with Crippen molar-refractivity contribution in [3.8, 4) is 11.8 Å². The Labute approximate surface area is 303 Å². The van der Waals surface area contributed by atoms with E-state index in [4.69, 9.17) is 30.4 Å². The van der Waals surface area contributed by atoms with Crippen molar-refractivity contribution in [3.05, 3.63) is 57.1 Å². The van der Waals surface area contributed by atoms with Crippen molar-refractivity contribution in [2.24, 2.45) is 0 Å². The summed E-state index contributed by atoms with van der Waals surface area (Å²) in [7, 11) is 0. The van der Waals surface area contributed by atoms with Crippen molar-refractivity contribution in [1.82, 2.24) is 31.0 Å². The van der Waals surface area contributed by atoms with Gasteiger partial charge in [-0.05, 0) is 24.3 Å². The van der Waals surface area contributed by atoms with E-state index >= 15 is 0 Å². The summed E-state index contributed by atoms with van der Waals surface area (Å²) in [6, 6.07) is 7.08. The Bertz CT molecular complexity index is 2100. The maximum atomic E-state index is 12.0. The van der Waals surface area contributed by atoms with E-state index in [1.54, 1.807) is 30.3 Å². The number of carbonyl (C=O) groups is 2. The highest BCUT2D eigenvalue weighted by atomic mass is 16.7. The lowest BCUT2D eigenvalue weighted by Gasteiger charge is -2.41. The first-order valence-corrected chi connectivity index (χ1v) is 16.3. The van der Waals surface area contributed by atoms with Crippen molar-refractivity contribution in [1.29, 1.82) is 0 Å². The van der Waals surface area contributed by atoms with E-state index in [1.165, 1.54) is 19.9 Å². The molecule has 6 rings (SSSR count). The number of rotatable bonds is 8. The first-order chi connectivity index (χ1) is 25.7. The van der Waals surface area contributed by atoms with Gasteiger partial charge in [-0.3, -0.25) is 19.2 Å². The molecule has 2 aromatic carbocycles. The zero-order chi connectivity index (χ0) is 39.4. The molecule has 2 aromatic heterocycles. The van der Waals surface area contributed by atoms with E-state index in [-0.39, 0.29) is 39.3 Å². The molecule has 0 unspecified atom stereocenters. The Morgan fingerprint density at radius 2 is 1.15 bits per heavy atom. The summed E-state index contributed by atoms with van der Waals surface area (Å²) in [6.45, 7) is 1.27. The molecule has 54 heavy (non-hydrogen) atoms. The van der Waals surface area contributed by atoms with Crippen LogP contribution in [0, 0.1) is 0 Å². The summed E-state index contributed by atoms with van der Waals surface area (Å²) in [6.07, 6.45) is -10.7. The quantitative estimate of drug-likeness (QED) is 0.0755. The van der Waals surface area contributed by atoms with Gasteiger partial charge in [0, 0.05) is 25.2 Å². The first kappa shape index (κ1) is 39.7. The normalized spacial score (nSPS) is 28.1. The molecule has 2 amide bonds. The minimum absolute atomic E-state index is 0.0578. The molecule has 2 aliphatic heterocycles. The highest BCUT2D eigenvalue weighted by molar-refractivity contribution is 5.96. The molecule has 0 spiro atoms. The second-order valence-corrected chi connectivity index (χ2v) is 12.4. The van der Waals surface area contributed by atoms with Crippen LogP contribution in [0.4, 0.5) is 11.4 Å². The summed E-state index contributed by atoms with van der Waals surface area (Å²) < 4.78 is 22.3. The zero-order valence-corrected chi connectivity index (χ0v) is 28.7.